The Morgan fingerprint density at radius 3 is 2.14 bits per heavy atom. The molecule has 2 aromatic rings. The van der Waals surface area contributed by atoms with Crippen LogP contribution in [0.3, 0.4) is 0 Å². The highest BCUT2D eigenvalue weighted by atomic mass is 15.3. The maximum atomic E-state index is 6.36. The number of anilines is 2. The van der Waals surface area contributed by atoms with Crippen molar-refractivity contribution in [3.05, 3.63) is 48.5 Å². The summed E-state index contributed by atoms with van der Waals surface area (Å²) in [5.74, 6) is 0. The summed E-state index contributed by atoms with van der Waals surface area (Å²) < 4.78 is 0. The quantitative estimate of drug-likeness (QED) is 0.861. The lowest BCUT2D eigenvalue weighted by Gasteiger charge is -2.43. The van der Waals surface area contributed by atoms with Crippen molar-refractivity contribution in [3.8, 4) is 11.1 Å². The molecule has 0 radical (unpaired) electrons. The smallest absolute Gasteiger partial charge is 0.0601 e. The molecule has 22 heavy (non-hydrogen) atoms. The van der Waals surface area contributed by atoms with Gasteiger partial charge in [-0.05, 0) is 44.2 Å². The lowest BCUT2D eigenvalue weighted by atomic mass is 10.0. The van der Waals surface area contributed by atoms with E-state index in [2.05, 4.69) is 73.2 Å². The van der Waals surface area contributed by atoms with Crippen LogP contribution in [0, 0.1) is 0 Å². The predicted molar refractivity (Wildman–Crippen MR) is 95.2 cm³/mol. The van der Waals surface area contributed by atoms with E-state index in [0.29, 0.717) is 12.1 Å². The monoisotopic (exact) mass is 295 g/mol. The molecule has 116 valence electrons. The molecule has 2 aromatic carbocycles. The van der Waals surface area contributed by atoms with Gasteiger partial charge in [-0.1, -0.05) is 36.4 Å². The van der Waals surface area contributed by atoms with E-state index in [1.165, 1.54) is 11.1 Å². The second-order valence-corrected chi connectivity index (χ2v) is 6.41. The van der Waals surface area contributed by atoms with E-state index in [4.69, 9.17) is 5.73 Å². The van der Waals surface area contributed by atoms with Gasteiger partial charge in [-0.3, -0.25) is 4.90 Å². The van der Waals surface area contributed by atoms with E-state index in [-0.39, 0.29) is 0 Å². The molecule has 0 spiro atoms. The molecule has 3 heteroatoms. The third-order valence-corrected chi connectivity index (χ3v) is 4.84. The average Bonchev–Trinajstić information content (AvgIpc) is 2.53. The van der Waals surface area contributed by atoms with Gasteiger partial charge in [0.1, 0.15) is 0 Å². The second-order valence-electron chi connectivity index (χ2n) is 6.41. The van der Waals surface area contributed by atoms with Crippen molar-refractivity contribution in [2.24, 2.45) is 0 Å². The lowest BCUT2D eigenvalue weighted by molar-refractivity contribution is 0.170. The summed E-state index contributed by atoms with van der Waals surface area (Å²) in [6, 6.07) is 17.9. The standard InChI is InChI=1S/C19H25N3/c1-14-12-22(13-15(2)21(14)3)19-10-9-17(11-18(19)20)16-7-5-4-6-8-16/h4-11,14-15H,12-13,20H2,1-3H3/t14-,15+. The summed E-state index contributed by atoms with van der Waals surface area (Å²) in [5, 5.41) is 0. The summed E-state index contributed by atoms with van der Waals surface area (Å²) in [7, 11) is 2.20. The molecule has 3 nitrogen and oxygen atoms in total. The van der Waals surface area contributed by atoms with Crippen LogP contribution in [-0.2, 0) is 0 Å². The van der Waals surface area contributed by atoms with Gasteiger partial charge in [0.05, 0.1) is 11.4 Å². The summed E-state index contributed by atoms with van der Waals surface area (Å²) in [6.45, 7) is 6.60. The Balaban J connectivity index is 1.87. The van der Waals surface area contributed by atoms with Crippen LogP contribution in [0.25, 0.3) is 11.1 Å². The fourth-order valence-corrected chi connectivity index (χ4v) is 3.25. The SMILES string of the molecule is C[C@@H]1CN(c2ccc(-c3ccccc3)cc2N)C[C@H](C)N1C. The van der Waals surface area contributed by atoms with Crippen molar-refractivity contribution in [3.63, 3.8) is 0 Å². The van der Waals surface area contributed by atoms with E-state index in [1.807, 2.05) is 6.07 Å². The Morgan fingerprint density at radius 2 is 1.55 bits per heavy atom. The van der Waals surface area contributed by atoms with Gasteiger partial charge in [0, 0.05) is 25.2 Å². The van der Waals surface area contributed by atoms with Gasteiger partial charge in [-0.15, -0.1) is 0 Å². The molecule has 2 atom stereocenters. The predicted octanol–water partition coefficient (Wildman–Crippen LogP) is 3.46. The summed E-state index contributed by atoms with van der Waals surface area (Å²) in [4.78, 5) is 4.85. The first-order chi connectivity index (χ1) is 10.6. The van der Waals surface area contributed by atoms with Crippen molar-refractivity contribution in [1.29, 1.82) is 0 Å². The zero-order chi connectivity index (χ0) is 15.7. The molecule has 1 aliphatic rings. The van der Waals surface area contributed by atoms with Crippen LogP contribution >= 0.6 is 0 Å². The van der Waals surface area contributed by atoms with Crippen molar-refractivity contribution in [1.82, 2.24) is 4.90 Å². The number of piperazine rings is 1. The van der Waals surface area contributed by atoms with E-state index in [9.17, 15) is 0 Å². The zero-order valence-electron chi connectivity index (χ0n) is 13.7. The van der Waals surface area contributed by atoms with Crippen molar-refractivity contribution < 1.29 is 0 Å². The first-order valence-corrected chi connectivity index (χ1v) is 7.98. The number of likely N-dealkylation sites (N-methyl/N-ethyl adjacent to an activating group) is 1. The van der Waals surface area contributed by atoms with Gasteiger partial charge in [0.2, 0.25) is 0 Å². The van der Waals surface area contributed by atoms with Crippen LogP contribution < -0.4 is 10.6 Å². The first-order valence-electron chi connectivity index (χ1n) is 7.98. The Kier molecular flexibility index (Phi) is 4.08. The molecule has 1 saturated heterocycles. The molecule has 1 aliphatic heterocycles. The highest BCUT2D eigenvalue weighted by Crippen LogP contribution is 2.31. The Hall–Kier alpha value is -2.00. The van der Waals surface area contributed by atoms with E-state index in [0.717, 1.165) is 24.5 Å². The fraction of sp³-hybridized carbons (Fsp3) is 0.368. The molecule has 1 fully saturated rings. The molecular weight excluding hydrogens is 270 g/mol. The summed E-state index contributed by atoms with van der Waals surface area (Å²) in [6.07, 6.45) is 0. The van der Waals surface area contributed by atoms with Gasteiger partial charge in [-0.25, -0.2) is 0 Å². The number of hydrogen-bond donors (Lipinski definition) is 1. The molecular formula is C19H25N3. The van der Waals surface area contributed by atoms with Crippen molar-refractivity contribution in [2.45, 2.75) is 25.9 Å². The van der Waals surface area contributed by atoms with Gasteiger partial charge < -0.3 is 10.6 Å². The van der Waals surface area contributed by atoms with Gasteiger partial charge in [-0.2, -0.15) is 0 Å². The topological polar surface area (TPSA) is 32.5 Å². The normalized spacial score (nSPS) is 22.8. The number of nitrogen functional groups attached to an aromatic ring is 1. The first kappa shape index (κ1) is 14.9. The molecule has 0 aliphatic carbocycles. The molecule has 0 saturated carbocycles. The highest BCUT2D eigenvalue weighted by Gasteiger charge is 2.27. The van der Waals surface area contributed by atoms with Crippen LogP contribution in [0.5, 0.6) is 0 Å². The Labute approximate surface area is 133 Å². The van der Waals surface area contributed by atoms with Crippen molar-refractivity contribution in [2.75, 3.05) is 30.8 Å². The highest BCUT2D eigenvalue weighted by molar-refractivity contribution is 5.76. The maximum absolute atomic E-state index is 6.36. The average molecular weight is 295 g/mol. The number of nitrogens with two attached hydrogens (primary N) is 1. The Morgan fingerprint density at radius 1 is 0.909 bits per heavy atom. The molecule has 3 rings (SSSR count). The van der Waals surface area contributed by atoms with Crippen LogP contribution in [-0.4, -0.2) is 37.1 Å². The third-order valence-electron chi connectivity index (χ3n) is 4.84. The summed E-state index contributed by atoms with van der Waals surface area (Å²) >= 11 is 0. The minimum absolute atomic E-state index is 0.539. The van der Waals surface area contributed by atoms with Gasteiger partial charge >= 0.3 is 0 Å². The lowest BCUT2D eigenvalue weighted by Crippen LogP contribution is -2.55. The zero-order valence-corrected chi connectivity index (χ0v) is 13.7. The molecule has 2 N–H and O–H groups in total. The van der Waals surface area contributed by atoms with Gasteiger partial charge in [0.25, 0.3) is 0 Å². The maximum Gasteiger partial charge on any atom is 0.0601 e. The Bertz CT molecular complexity index is 626. The second kappa shape index (κ2) is 6.01. The minimum Gasteiger partial charge on any atom is -0.397 e. The van der Waals surface area contributed by atoms with Crippen LogP contribution in [0.4, 0.5) is 11.4 Å². The fourth-order valence-electron chi connectivity index (χ4n) is 3.25. The number of nitrogens with zero attached hydrogens (tertiary/aromatic N) is 2. The van der Waals surface area contributed by atoms with E-state index < -0.39 is 0 Å². The number of benzene rings is 2. The largest absolute Gasteiger partial charge is 0.397 e. The van der Waals surface area contributed by atoms with Crippen molar-refractivity contribution >= 4 is 11.4 Å². The van der Waals surface area contributed by atoms with Crippen LogP contribution in [0.2, 0.25) is 0 Å². The summed E-state index contributed by atoms with van der Waals surface area (Å²) in [5.41, 5.74) is 10.8. The molecule has 0 amide bonds. The van der Waals surface area contributed by atoms with Gasteiger partial charge in [0.15, 0.2) is 0 Å². The number of hydrogen-bond acceptors (Lipinski definition) is 3. The minimum atomic E-state index is 0.539. The molecule has 0 aromatic heterocycles. The number of rotatable bonds is 2. The van der Waals surface area contributed by atoms with Crippen LogP contribution in [0.1, 0.15) is 13.8 Å². The molecule has 0 bridgehead atoms. The molecule has 1 heterocycles. The third kappa shape index (κ3) is 2.81. The van der Waals surface area contributed by atoms with E-state index in [1.54, 1.807) is 0 Å². The van der Waals surface area contributed by atoms with E-state index >= 15 is 0 Å². The van der Waals surface area contributed by atoms with Crippen LogP contribution in [0.15, 0.2) is 48.5 Å². The molecule has 0 unspecified atom stereocenters.